The van der Waals surface area contributed by atoms with Gasteiger partial charge >= 0.3 is 5.97 Å². The van der Waals surface area contributed by atoms with Gasteiger partial charge in [-0.2, -0.15) is 11.8 Å². The number of methoxy groups -OCH3 is 3. The van der Waals surface area contributed by atoms with Crippen LogP contribution in [-0.2, 0) is 99.1 Å². The van der Waals surface area contributed by atoms with Crippen LogP contribution in [0.4, 0.5) is 4.39 Å². The zero-order valence-corrected chi connectivity index (χ0v) is 69.1. The van der Waals surface area contributed by atoms with E-state index in [1.54, 1.807) is 49.7 Å². The summed E-state index contributed by atoms with van der Waals surface area (Å²) in [6.45, 7) is 20.8. The minimum Gasteiger partial charge on any atom is -0.484 e. The van der Waals surface area contributed by atoms with Crippen LogP contribution in [0.5, 0.6) is 5.75 Å². The normalized spacial score (nSPS) is 27.4. The van der Waals surface area contributed by atoms with Gasteiger partial charge in [0.2, 0.25) is 11.7 Å². The molecule has 4 fully saturated rings. The zero-order chi connectivity index (χ0) is 81.4. The fourth-order valence-corrected chi connectivity index (χ4v) is 17.4. The first-order chi connectivity index (χ1) is 54.9. The maximum absolute atomic E-state index is 15.6. The number of fused-ring (bicyclic) bond motifs is 4. The smallest absolute Gasteiger partial charge is 0.329 e. The number of esters is 1. The molecule has 0 spiro atoms. The third-order valence-electron chi connectivity index (χ3n) is 23.0. The Kier molecular flexibility index (Phi) is 34.6. The predicted molar refractivity (Wildman–Crippen MR) is 425 cm³/mol. The first kappa shape index (κ1) is 89.4. The van der Waals surface area contributed by atoms with Gasteiger partial charge in [-0.3, -0.25) is 24.1 Å². The van der Waals surface area contributed by atoms with Crippen molar-refractivity contribution >= 4 is 52.1 Å². The van der Waals surface area contributed by atoms with Crippen LogP contribution in [0.15, 0.2) is 70.4 Å². The number of halogens is 1. The van der Waals surface area contributed by atoms with Crippen molar-refractivity contribution in [3.05, 3.63) is 100 Å². The number of cyclic esters (lactones) is 1. The number of ketones is 2. The number of morpholine rings is 1. The molecule has 114 heavy (non-hydrogen) atoms. The highest BCUT2D eigenvalue weighted by Gasteiger charge is 2.57. The average molecular weight is 1610 g/mol. The van der Waals surface area contributed by atoms with E-state index in [9.17, 15) is 39.3 Å². The van der Waals surface area contributed by atoms with Crippen molar-refractivity contribution < 1.29 is 95.6 Å². The molecule has 14 atom stereocenters. The van der Waals surface area contributed by atoms with E-state index in [-0.39, 0.29) is 61.7 Å². The maximum atomic E-state index is 15.6. The van der Waals surface area contributed by atoms with E-state index >= 15 is 4.39 Å². The van der Waals surface area contributed by atoms with Gasteiger partial charge in [0.25, 0.3) is 11.7 Å². The number of imidazole rings is 1. The van der Waals surface area contributed by atoms with Crippen molar-refractivity contribution in [3.63, 3.8) is 0 Å². The minimum atomic E-state index is -2.57. The van der Waals surface area contributed by atoms with Gasteiger partial charge in [-0.15, -0.1) is 5.10 Å². The zero-order valence-electron chi connectivity index (χ0n) is 68.3. The van der Waals surface area contributed by atoms with Crippen LogP contribution >= 0.6 is 11.8 Å². The second-order valence-electron chi connectivity index (χ2n) is 31.5. The number of carbonyl (C=O) groups is 5. The topological polar surface area (TPSA) is 331 Å². The van der Waals surface area contributed by atoms with Gasteiger partial charge < -0.3 is 82.0 Å². The van der Waals surface area contributed by atoms with Crippen molar-refractivity contribution in [1.29, 1.82) is 0 Å². The van der Waals surface area contributed by atoms with Crippen molar-refractivity contribution in [2.75, 3.05) is 118 Å². The summed E-state index contributed by atoms with van der Waals surface area (Å²) in [5, 5.41) is 50.5. The number of nitrogens with one attached hydrogen (secondary N) is 1. The lowest BCUT2D eigenvalue weighted by Gasteiger charge is -2.47. The number of hydrogen-bond acceptors (Lipinski definition) is 25. The number of ether oxygens (including phenoxy) is 10. The number of allylic oxidation sites excluding steroid dienone is 3. The van der Waals surface area contributed by atoms with E-state index in [0.29, 0.717) is 153 Å². The lowest BCUT2D eigenvalue weighted by Crippen LogP contribution is -2.64. The summed E-state index contributed by atoms with van der Waals surface area (Å²) in [5.74, 6) is -5.71. The number of amides is 2. The van der Waals surface area contributed by atoms with E-state index in [2.05, 4.69) is 48.5 Å². The SMILES string of the molecule is CO[C@H]1C[C@@H](C)C/C(C)=C/[C@@H](CCCSCCC(=O)NCCOCCOCCOCCn2cc(COc3ccc(CCc4nc5cc(-c6c(C)noc6C)ccc5n4CCN4CCOCC4)cc3F)nn2)C(=O)C[C@H](O)[C@@H](C)[C@@H](/C(C)=C/[C@@H]2CC[C@@H](O)[C@H](OC)C2)OC(=O)[C@@H]2CCCCN2C(=O)C(=O)[C@]2(O)O[C@H]1[C@@H](OC)C[C@H]2C. The standard InChI is InChI=1S/C84H122FN9O19S/c1-53-42-54(2)44-74(104-9)80-75(105-10)46-56(4)84(102,112-80)81(99)82(100)94-26-12-11-15-68(94)83(101)111-79(55(3)45-61-16-21-69(95)73(48-61)103-8)57(5)70(96)50-71(97)62(43-53)14-13-40-114-41-24-77(98)86-25-32-106-36-38-109-39-37-108-35-31-92-51-64(88-90-92)52-110-72-22-17-60(47-65(72)85)18-23-76-87-66-49-63(78-58(6)89-113-59(78)7)19-20-67(66)93(76)28-27-91-29-33-107-34-30-91/h17,19-20,22,43,45,47,49,51,54,56-57,61-62,68-70,73-75,79-80,95-96,102H,11-16,18,21,23-42,44,46,48,50,52H2,1-10H3,(H,86,98)/b53-43+,55-45+/t54-,56+,57+,61-,62+,68-,69+,70-,73+,74-,75-,79+,80+,84+/m0/s1. The first-order valence-electron chi connectivity index (χ1n) is 40.8. The number of benzene rings is 2. The van der Waals surface area contributed by atoms with E-state index in [1.165, 1.54) is 25.2 Å². The number of carbonyl (C=O) groups excluding carboxylic acids is 5. The molecule has 1 saturated carbocycles. The molecule has 5 aliphatic rings. The van der Waals surface area contributed by atoms with Gasteiger partial charge in [-0.05, 0) is 163 Å². The molecule has 7 heterocycles. The number of aromatic nitrogens is 6. The number of rotatable bonds is 34. The molecule has 630 valence electrons. The Balaban J connectivity index is 0.626. The van der Waals surface area contributed by atoms with Gasteiger partial charge in [0.15, 0.2) is 11.6 Å². The third-order valence-corrected chi connectivity index (χ3v) is 24.1. The Hall–Kier alpha value is -6.91. The Morgan fingerprint density at radius 1 is 0.816 bits per heavy atom. The molecule has 2 amide bonds. The van der Waals surface area contributed by atoms with Gasteiger partial charge in [0.05, 0.1) is 113 Å². The molecule has 1 aliphatic carbocycles. The van der Waals surface area contributed by atoms with Crippen LogP contribution in [0.3, 0.4) is 0 Å². The second-order valence-corrected chi connectivity index (χ2v) is 32.7. The molecule has 0 unspecified atom stereocenters. The number of hydrogen-bond donors (Lipinski definition) is 4. The van der Waals surface area contributed by atoms with Crippen molar-refractivity contribution in [2.45, 2.75) is 219 Å². The Labute approximate surface area is 673 Å². The first-order valence-corrected chi connectivity index (χ1v) is 42.0. The van der Waals surface area contributed by atoms with Crippen LogP contribution < -0.4 is 10.1 Å². The van der Waals surface area contributed by atoms with Crippen molar-refractivity contribution in [2.24, 2.45) is 29.6 Å². The fourth-order valence-electron chi connectivity index (χ4n) is 16.5. The summed E-state index contributed by atoms with van der Waals surface area (Å²) in [6, 6.07) is 10.2. The molecule has 4 N–H and O–H groups in total. The largest absolute Gasteiger partial charge is 0.484 e. The lowest BCUT2D eigenvalue weighted by atomic mass is 9.81. The highest BCUT2D eigenvalue weighted by molar-refractivity contribution is 7.99. The molecule has 3 saturated heterocycles. The number of aliphatic hydroxyl groups excluding tert-OH is 2. The molecule has 4 aliphatic heterocycles. The minimum absolute atomic E-state index is 0.0352. The average Bonchev–Trinajstić information content (AvgIpc) is 0.796. The van der Waals surface area contributed by atoms with Gasteiger partial charge in [-0.25, -0.2) is 18.9 Å². The number of Topliss-reactive ketones (excluding diaryl/α,β-unsaturated/α-hetero) is 2. The molecule has 10 rings (SSSR count). The van der Waals surface area contributed by atoms with Crippen LogP contribution in [0.1, 0.15) is 147 Å². The molecule has 2 aromatic carbocycles. The van der Waals surface area contributed by atoms with Gasteiger partial charge in [0.1, 0.15) is 47.9 Å². The number of nitrogens with zero attached hydrogens (tertiary/aromatic N) is 8. The van der Waals surface area contributed by atoms with E-state index in [0.717, 1.165) is 90.0 Å². The Morgan fingerprint density at radius 2 is 1.56 bits per heavy atom. The summed E-state index contributed by atoms with van der Waals surface area (Å²) >= 11 is 1.61. The molecule has 5 aromatic rings. The lowest BCUT2D eigenvalue weighted by molar-refractivity contribution is -0.302. The van der Waals surface area contributed by atoms with Crippen LogP contribution in [0, 0.1) is 49.3 Å². The molecule has 3 aromatic heterocycles. The molecule has 0 radical (unpaired) electrons. The quantitative estimate of drug-likeness (QED) is 0.0129. The van der Waals surface area contributed by atoms with Crippen molar-refractivity contribution in [3.8, 4) is 16.9 Å². The Morgan fingerprint density at radius 3 is 2.30 bits per heavy atom. The van der Waals surface area contributed by atoms with Crippen molar-refractivity contribution in [1.82, 2.24) is 44.8 Å². The number of aliphatic hydroxyl groups is 3. The maximum Gasteiger partial charge on any atom is 0.329 e. The summed E-state index contributed by atoms with van der Waals surface area (Å²) < 4.78 is 83.8. The van der Waals surface area contributed by atoms with E-state index in [4.69, 9.17) is 56.9 Å². The third kappa shape index (κ3) is 24.6. The van der Waals surface area contributed by atoms with Gasteiger partial charge in [-0.1, -0.05) is 61.0 Å². The second kappa shape index (κ2) is 44.0. The summed E-state index contributed by atoms with van der Waals surface area (Å²) in [5.41, 5.74) is 7.67. The molecule has 30 heteroatoms. The number of thioether (sulfide) groups is 1. The van der Waals surface area contributed by atoms with Crippen LogP contribution in [-0.4, -0.2) is 257 Å². The monoisotopic (exact) mass is 1610 g/mol. The highest BCUT2D eigenvalue weighted by atomic mass is 32.2. The van der Waals surface area contributed by atoms with Gasteiger partial charge in [0, 0.05) is 109 Å². The highest BCUT2D eigenvalue weighted by Crippen LogP contribution is 2.40. The molecule has 2 bridgehead atoms. The van der Waals surface area contributed by atoms with E-state index in [1.807, 2.05) is 52.8 Å². The predicted octanol–water partition coefficient (Wildman–Crippen LogP) is 8.88. The number of aryl methyl sites for hydroxylation is 4. The van der Waals surface area contributed by atoms with Crippen LogP contribution in [0.2, 0.25) is 0 Å². The number of piperidine rings is 1. The summed E-state index contributed by atoms with van der Waals surface area (Å²) in [7, 11) is 4.60. The summed E-state index contributed by atoms with van der Waals surface area (Å²) in [4.78, 5) is 80.0. The van der Waals surface area contributed by atoms with E-state index < -0.39 is 95.8 Å². The molecular formula is C84H122FN9O19S. The fraction of sp³-hybridized carbons (Fsp3) is 0.679. The molecule has 28 nitrogen and oxygen atoms in total. The Bertz CT molecular complexity index is 3980. The summed E-state index contributed by atoms with van der Waals surface area (Å²) in [6.07, 6.45) is 6.45. The van der Waals surface area contributed by atoms with Crippen LogP contribution in [0.25, 0.3) is 22.2 Å². The molecular weight excluding hydrogens is 1490 g/mol.